The summed E-state index contributed by atoms with van der Waals surface area (Å²) >= 11 is 1.52. The first kappa shape index (κ1) is 21.5. The molecule has 156 valence electrons. The fourth-order valence-electron chi connectivity index (χ4n) is 2.78. The van der Waals surface area contributed by atoms with Gasteiger partial charge in [-0.25, -0.2) is 9.97 Å². The van der Waals surface area contributed by atoms with Gasteiger partial charge in [0.1, 0.15) is 29.2 Å². The van der Waals surface area contributed by atoms with Crippen molar-refractivity contribution in [1.29, 1.82) is 5.26 Å². The molecule has 0 aliphatic carbocycles. The van der Waals surface area contributed by atoms with E-state index in [1.54, 1.807) is 24.4 Å². The summed E-state index contributed by atoms with van der Waals surface area (Å²) in [6, 6.07) is 9.14. The number of rotatable bonds is 7. The molecule has 0 saturated heterocycles. The number of nitrogens with zero attached hydrogens (tertiary/aromatic N) is 3. The molecule has 2 atom stereocenters. The second-order valence-electron chi connectivity index (χ2n) is 7.35. The van der Waals surface area contributed by atoms with Crippen molar-refractivity contribution in [3.05, 3.63) is 41.0 Å². The van der Waals surface area contributed by atoms with E-state index in [4.69, 9.17) is 9.47 Å². The molecule has 0 unspecified atom stereocenters. The van der Waals surface area contributed by atoms with Crippen molar-refractivity contribution in [1.82, 2.24) is 15.3 Å². The van der Waals surface area contributed by atoms with Gasteiger partial charge < -0.3 is 14.8 Å². The zero-order valence-corrected chi connectivity index (χ0v) is 18.4. The number of aromatic nitrogens is 2. The number of amides is 1. The lowest BCUT2D eigenvalue weighted by atomic mass is 10.2. The van der Waals surface area contributed by atoms with Crippen molar-refractivity contribution in [2.24, 2.45) is 0 Å². The number of carbonyl (C=O) groups is 1. The van der Waals surface area contributed by atoms with Gasteiger partial charge >= 0.3 is 0 Å². The molecule has 0 aliphatic rings. The third-order valence-corrected chi connectivity index (χ3v) is 5.91. The molecule has 1 amide bonds. The van der Waals surface area contributed by atoms with Gasteiger partial charge in [-0.15, -0.1) is 11.3 Å². The lowest BCUT2D eigenvalue weighted by Crippen LogP contribution is -2.41. The quantitative estimate of drug-likeness (QED) is 0.587. The highest BCUT2D eigenvalue weighted by Gasteiger charge is 2.17. The van der Waals surface area contributed by atoms with Crippen molar-refractivity contribution in [3.8, 4) is 23.4 Å². The first-order valence-electron chi connectivity index (χ1n) is 9.69. The van der Waals surface area contributed by atoms with E-state index >= 15 is 0 Å². The summed E-state index contributed by atoms with van der Waals surface area (Å²) in [6.07, 6.45) is 1.30. The molecule has 0 fully saturated rings. The lowest BCUT2D eigenvalue weighted by Gasteiger charge is -2.21. The number of nitriles is 1. The molecule has 30 heavy (non-hydrogen) atoms. The smallest absolute Gasteiger partial charge is 0.217 e. The van der Waals surface area contributed by atoms with Crippen molar-refractivity contribution in [2.45, 2.75) is 52.7 Å². The molecule has 0 spiro atoms. The standard InChI is InChI=1S/C22H24N4O3S/c1-12(2)22-26-18-7-8-19(17(10-23)21(18)30-22)29-16-6-9-20(24-11-16)28-14(4)13(3)25-15(5)27/h6-9,11-14H,1-5H3,(H,25,27)/t13-,14-/m0/s1. The maximum absolute atomic E-state index is 11.2. The van der Waals surface area contributed by atoms with E-state index in [0.717, 1.165) is 15.2 Å². The number of nitrogens with one attached hydrogen (secondary N) is 1. The number of benzene rings is 1. The second-order valence-corrected chi connectivity index (χ2v) is 8.38. The molecule has 1 N–H and O–H groups in total. The first-order chi connectivity index (χ1) is 14.3. The van der Waals surface area contributed by atoms with Gasteiger partial charge in [0.15, 0.2) is 0 Å². The second kappa shape index (κ2) is 9.09. The van der Waals surface area contributed by atoms with Crippen LogP contribution in [0.4, 0.5) is 0 Å². The summed E-state index contributed by atoms with van der Waals surface area (Å²) in [6.45, 7) is 9.35. The number of carbonyl (C=O) groups excluding carboxylic acids is 1. The monoisotopic (exact) mass is 424 g/mol. The van der Waals surface area contributed by atoms with E-state index in [1.165, 1.54) is 18.3 Å². The molecule has 8 heteroatoms. The molecular weight excluding hydrogens is 400 g/mol. The van der Waals surface area contributed by atoms with Gasteiger partial charge in [-0.2, -0.15) is 5.26 Å². The molecule has 2 heterocycles. The minimum atomic E-state index is -0.248. The lowest BCUT2D eigenvalue weighted by molar-refractivity contribution is -0.120. The van der Waals surface area contributed by atoms with Crippen LogP contribution in [0.15, 0.2) is 30.5 Å². The Kier molecular flexibility index (Phi) is 6.53. The Bertz CT molecular complexity index is 1090. The molecule has 0 radical (unpaired) electrons. The molecule has 3 aromatic rings. The Balaban J connectivity index is 1.76. The Morgan fingerprint density at radius 2 is 1.97 bits per heavy atom. The highest BCUT2D eigenvalue weighted by Crippen LogP contribution is 2.36. The molecule has 0 bridgehead atoms. The fraction of sp³-hybridized carbons (Fsp3) is 0.364. The van der Waals surface area contributed by atoms with Crippen LogP contribution in [0.2, 0.25) is 0 Å². The minimum absolute atomic E-state index is 0.110. The average Bonchev–Trinajstić information content (AvgIpc) is 3.13. The largest absolute Gasteiger partial charge is 0.472 e. The zero-order chi connectivity index (χ0) is 21.8. The summed E-state index contributed by atoms with van der Waals surface area (Å²) in [5.41, 5.74) is 1.27. The van der Waals surface area contributed by atoms with Gasteiger partial charge in [0.2, 0.25) is 11.8 Å². The Morgan fingerprint density at radius 3 is 2.57 bits per heavy atom. The minimum Gasteiger partial charge on any atom is -0.472 e. The molecule has 2 aromatic heterocycles. The number of hydrogen-bond donors (Lipinski definition) is 1. The summed E-state index contributed by atoms with van der Waals surface area (Å²) < 4.78 is 12.5. The molecule has 7 nitrogen and oxygen atoms in total. The van der Waals surface area contributed by atoms with Crippen LogP contribution in [0.3, 0.4) is 0 Å². The molecule has 3 rings (SSSR count). The number of hydrogen-bond acceptors (Lipinski definition) is 7. The highest BCUT2D eigenvalue weighted by molar-refractivity contribution is 7.18. The third-order valence-electron chi connectivity index (χ3n) is 4.52. The Morgan fingerprint density at radius 1 is 1.20 bits per heavy atom. The van der Waals surface area contributed by atoms with E-state index in [2.05, 4.69) is 35.2 Å². The maximum atomic E-state index is 11.2. The van der Waals surface area contributed by atoms with Gasteiger partial charge in [0.05, 0.1) is 27.5 Å². The van der Waals surface area contributed by atoms with Gasteiger partial charge in [-0.05, 0) is 32.0 Å². The van der Waals surface area contributed by atoms with Crippen LogP contribution in [0.25, 0.3) is 10.2 Å². The molecular formula is C22H24N4O3S. The van der Waals surface area contributed by atoms with Gasteiger partial charge in [-0.1, -0.05) is 13.8 Å². The Hall–Kier alpha value is -3.18. The third kappa shape index (κ3) is 4.86. The maximum Gasteiger partial charge on any atom is 0.217 e. The Labute approximate surface area is 179 Å². The van der Waals surface area contributed by atoms with E-state index in [9.17, 15) is 10.1 Å². The summed E-state index contributed by atoms with van der Waals surface area (Å²) in [7, 11) is 0. The van der Waals surface area contributed by atoms with E-state index in [-0.39, 0.29) is 18.1 Å². The molecule has 1 aromatic carbocycles. The number of fused-ring (bicyclic) bond motifs is 1. The SMILES string of the molecule is CC(=O)N[C@@H](C)[C@H](C)Oc1ccc(Oc2ccc3nc(C(C)C)sc3c2C#N)cn1. The van der Waals surface area contributed by atoms with E-state index in [1.807, 2.05) is 19.9 Å². The molecule has 0 aliphatic heterocycles. The topological polar surface area (TPSA) is 97.1 Å². The van der Waals surface area contributed by atoms with Crippen molar-refractivity contribution >= 4 is 27.5 Å². The zero-order valence-electron chi connectivity index (χ0n) is 17.6. The summed E-state index contributed by atoms with van der Waals surface area (Å²) in [5, 5.41) is 13.5. The number of ether oxygens (including phenoxy) is 2. The first-order valence-corrected chi connectivity index (χ1v) is 10.5. The van der Waals surface area contributed by atoms with Crippen LogP contribution in [0.1, 0.15) is 51.1 Å². The predicted molar refractivity (Wildman–Crippen MR) is 116 cm³/mol. The normalized spacial score (nSPS) is 13.0. The van der Waals surface area contributed by atoms with Crippen molar-refractivity contribution in [3.63, 3.8) is 0 Å². The number of pyridine rings is 1. The summed E-state index contributed by atoms with van der Waals surface area (Å²) in [4.78, 5) is 20.0. The summed E-state index contributed by atoms with van der Waals surface area (Å²) in [5.74, 6) is 1.57. The average molecular weight is 425 g/mol. The predicted octanol–water partition coefficient (Wildman–Crippen LogP) is 4.77. The van der Waals surface area contributed by atoms with E-state index in [0.29, 0.717) is 28.9 Å². The van der Waals surface area contributed by atoms with Crippen molar-refractivity contribution in [2.75, 3.05) is 0 Å². The van der Waals surface area contributed by atoms with Gasteiger partial charge in [0.25, 0.3) is 0 Å². The van der Waals surface area contributed by atoms with Crippen LogP contribution >= 0.6 is 11.3 Å². The molecule has 0 saturated carbocycles. The van der Waals surface area contributed by atoms with Crippen LogP contribution in [-0.4, -0.2) is 28.0 Å². The van der Waals surface area contributed by atoms with Crippen LogP contribution in [-0.2, 0) is 4.79 Å². The van der Waals surface area contributed by atoms with Crippen LogP contribution < -0.4 is 14.8 Å². The highest BCUT2D eigenvalue weighted by atomic mass is 32.1. The number of thiazole rings is 1. The van der Waals surface area contributed by atoms with Crippen molar-refractivity contribution < 1.29 is 14.3 Å². The van der Waals surface area contributed by atoms with Crippen LogP contribution in [0, 0.1) is 11.3 Å². The van der Waals surface area contributed by atoms with Gasteiger partial charge in [-0.3, -0.25) is 4.79 Å². The van der Waals surface area contributed by atoms with E-state index < -0.39 is 0 Å². The van der Waals surface area contributed by atoms with Crippen LogP contribution in [0.5, 0.6) is 17.4 Å². The van der Waals surface area contributed by atoms with Gasteiger partial charge in [0, 0.05) is 18.9 Å². The fourth-order valence-corrected chi connectivity index (χ4v) is 3.84.